The quantitative estimate of drug-likeness (QED) is 0.521. The van der Waals surface area contributed by atoms with Gasteiger partial charge in [-0.2, -0.15) is 0 Å². The second-order valence-corrected chi connectivity index (χ2v) is 5.29. The van der Waals surface area contributed by atoms with Gasteiger partial charge < -0.3 is 5.21 Å². The van der Waals surface area contributed by atoms with E-state index in [-0.39, 0.29) is 11.5 Å². The maximum absolute atomic E-state index is 11.6. The Kier molecular flexibility index (Phi) is 2.15. The molecule has 0 fully saturated rings. The van der Waals surface area contributed by atoms with Crippen molar-refractivity contribution in [3.8, 4) is 0 Å². The lowest BCUT2D eigenvalue weighted by molar-refractivity contribution is 0.319. The molecule has 80 valence electrons. The molecule has 0 atom stereocenters. The first-order valence-corrected chi connectivity index (χ1v) is 5.94. The average molecular weight is 226 g/mol. The van der Waals surface area contributed by atoms with Gasteiger partial charge in [-0.3, -0.25) is 4.31 Å². The number of nitrogens with zero attached hydrogens (tertiary/aromatic N) is 2. The summed E-state index contributed by atoms with van der Waals surface area (Å²) in [5, 5.41) is 11.8. The number of oxime groups is 1. The minimum absolute atomic E-state index is 0.184. The summed E-state index contributed by atoms with van der Waals surface area (Å²) in [5.74, 6) is -0.267. The minimum Gasteiger partial charge on any atom is -0.411 e. The van der Waals surface area contributed by atoms with Gasteiger partial charge >= 0.3 is 0 Å². The molecule has 1 aromatic carbocycles. The molecule has 6 heteroatoms. The topological polar surface area (TPSA) is 70.0 Å². The van der Waals surface area contributed by atoms with Gasteiger partial charge in [0.1, 0.15) is 11.5 Å². The molecular formula is C9H10N2O3S. The molecule has 0 saturated heterocycles. The summed E-state index contributed by atoms with van der Waals surface area (Å²) in [4.78, 5) is 0. The molecule has 0 bridgehead atoms. The SMILES string of the molecule is CN1c2ccccc2C(=NO)CS1(=O)=O. The first kappa shape index (κ1) is 9.97. The largest absolute Gasteiger partial charge is 0.411 e. The lowest BCUT2D eigenvalue weighted by atomic mass is 10.1. The third kappa shape index (κ3) is 1.46. The predicted octanol–water partition coefficient (Wildman–Crippen LogP) is 0.645. The highest BCUT2D eigenvalue weighted by molar-refractivity contribution is 7.93. The van der Waals surface area contributed by atoms with Crippen LogP contribution in [-0.4, -0.2) is 32.1 Å². The van der Waals surface area contributed by atoms with Crippen molar-refractivity contribution in [2.24, 2.45) is 5.16 Å². The van der Waals surface area contributed by atoms with Crippen molar-refractivity contribution < 1.29 is 13.6 Å². The molecule has 1 aliphatic rings. The normalized spacial score (nSPS) is 21.4. The van der Waals surface area contributed by atoms with Crippen LogP contribution >= 0.6 is 0 Å². The van der Waals surface area contributed by atoms with Crippen molar-refractivity contribution >= 4 is 21.4 Å². The van der Waals surface area contributed by atoms with Crippen LogP contribution in [0.4, 0.5) is 5.69 Å². The van der Waals surface area contributed by atoms with Crippen molar-refractivity contribution in [2.75, 3.05) is 17.1 Å². The fourth-order valence-corrected chi connectivity index (χ4v) is 2.78. The van der Waals surface area contributed by atoms with Gasteiger partial charge in [0.25, 0.3) is 0 Å². The van der Waals surface area contributed by atoms with Crippen LogP contribution in [0.25, 0.3) is 0 Å². The van der Waals surface area contributed by atoms with Crippen molar-refractivity contribution in [3.63, 3.8) is 0 Å². The molecule has 1 heterocycles. The van der Waals surface area contributed by atoms with Crippen molar-refractivity contribution in [1.29, 1.82) is 0 Å². The Balaban J connectivity index is 2.71. The van der Waals surface area contributed by atoms with Crippen molar-refractivity contribution in [3.05, 3.63) is 29.8 Å². The zero-order chi connectivity index (χ0) is 11.1. The summed E-state index contributed by atoms with van der Waals surface area (Å²) in [6.45, 7) is 0. The van der Waals surface area contributed by atoms with Crippen LogP contribution in [0.3, 0.4) is 0 Å². The number of hydrogen-bond acceptors (Lipinski definition) is 4. The smallest absolute Gasteiger partial charge is 0.240 e. The minimum atomic E-state index is -3.39. The Morgan fingerprint density at radius 2 is 2.07 bits per heavy atom. The van der Waals surface area contributed by atoms with E-state index in [4.69, 9.17) is 5.21 Å². The van der Waals surface area contributed by atoms with Gasteiger partial charge in [-0.15, -0.1) is 0 Å². The fraction of sp³-hybridized carbons (Fsp3) is 0.222. The van der Waals surface area contributed by atoms with Gasteiger partial charge in [0.2, 0.25) is 10.0 Å². The Morgan fingerprint density at radius 1 is 1.40 bits per heavy atom. The molecular weight excluding hydrogens is 216 g/mol. The van der Waals surface area contributed by atoms with Crippen molar-refractivity contribution in [2.45, 2.75) is 0 Å². The molecule has 1 aromatic rings. The highest BCUT2D eigenvalue weighted by Gasteiger charge is 2.30. The van der Waals surface area contributed by atoms with Gasteiger partial charge in [0.05, 0.1) is 5.69 Å². The van der Waals surface area contributed by atoms with E-state index >= 15 is 0 Å². The fourth-order valence-electron chi connectivity index (χ4n) is 1.57. The van der Waals surface area contributed by atoms with E-state index in [0.717, 1.165) is 0 Å². The Bertz CT molecular complexity index is 522. The van der Waals surface area contributed by atoms with E-state index < -0.39 is 10.0 Å². The number of para-hydroxylation sites is 1. The Labute approximate surface area is 87.7 Å². The van der Waals surface area contributed by atoms with E-state index in [1.165, 1.54) is 11.4 Å². The molecule has 0 aromatic heterocycles. The van der Waals surface area contributed by atoms with E-state index in [1.54, 1.807) is 24.3 Å². The van der Waals surface area contributed by atoms with E-state index in [0.29, 0.717) is 11.3 Å². The molecule has 2 rings (SSSR count). The maximum Gasteiger partial charge on any atom is 0.240 e. The summed E-state index contributed by atoms with van der Waals surface area (Å²) >= 11 is 0. The molecule has 5 nitrogen and oxygen atoms in total. The standard InChI is InChI=1S/C9H10N2O3S/c1-11-9-5-3-2-4-7(9)8(10-12)6-15(11,13)14/h2-5,12H,6H2,1H3. The number of sulfonamides is 1. The molecule has 0 saturated carbocycles. The Hall–Kier alpha value is -1.56. The highest BCUT2D eigenvalue weighted by Crippen LogP contribution is 2.27. The summed E-state index contributed by atoms with van der Waals surface area (Å²) in [6, 6.07) is 6.92. The first-order chi connectivity index (χ1) is 7.06. The molecule has 1 N–H and O–H groups in total. The third-order valence-corrected chi connectivity index (χ3v) is 4.08. The number of rotatable bonds is 0. The average Bonchev–Trinajstić information content (AvgIpc) is 2.24. The summed E-state index contributed by atoms with van der Waals surface area (Å²) < 4.78 is 24.5. The second-order valence-electron chi connectivity index (χ2n) is 3.29. The number of benzene rings is 1. The summed E-state index contributed by atoms with van der Waals surface area (Å²) in [5.41, 5.74) is 1.37. The molecule has 0 spiro atoms. The monoisotopic (exact) mass is 226 g/mol. The van der Waals surface area contributed by atoms with Gasteiger partial charge in [-0.1, -0.05) is 23.4 Å². The second kappa shape index (κ2) is 3.23. The lowest BCUT2D eigenvalue weighted by Crippen LogP contribution is -2.38. The van der Waals surface area contributed by atoms with E-state index in [9.17, 15) is 8.42 Å². The first-order valence-electron chi connectivity index (χ1n) is 4.33. The van der Waals surface area contributed by atoms with E-state index in [1.807, 2.05) is 0 Å². The number of hydrogen-bond donors (Lipinski definition) is 1. The van der Waals surface area contributed by atoms with Crippen LogP contribution in [0.2, 0.25) is 0 Å². The van der Waals surface area contributed by atoms with E-state index in [2.05, 4.69) is 5.16 Å². The molecule has 0 radical (unpaired) electrons. The predicted molar refractivity (Wildman–Crippen MR) is 57.0 cm³/mol. The van der Waals surface area contributed by atoms with Crippen LogP contribution in [-0.2, 0) is 10.0 Å². The van der Waals surface area contributed by atoms with Crippen LogP contribution in [0, 0.1) is 0 Å². The molecule has 0 unspecified atom stereocenters. The molecule has 0 aliphatic carbocycles. The van der Waals surface area contributed by atoms with Crippen molar-refractivity contribution in [1.82, 2.24) is 0 Å². The van der Waals surface area contributed by atoms with Gasteiger partial charge in [-0.25, -0.2) is 8.42 Å². The lowest BCUT2D eigenvalue weighted by Gasteiger charge is -2.27. The van der Waals surface area contributed by atoms with Crippen LogP contribution < -0.4 is 4.31 Å². The zero-order valence-electron chi connectivity index (χ0n) is 8.08. The van der Waals surface area contributed by atoms with Gasteiger partial charge in [-0.05, 0) is 6.07 Å². The van der Waals surface area contributed by atoms with Crippen LogP contribution in [0.15, 0.2) is 29.4 Å². The number of anilines is 1. The summed E-state index contributed by atoms with van der Waals surface area (Å²) in [7, 11) is -1.91. The highest BCUT2D eigenvalue weighted by atomic mass is 32.2. The molecule has 0 amide bonds. The Morgan fingerprint density at radius 3 is 2.73 bits per heavy atom. The third-order valence-electron chi connectivity index (χ3n) is 2.41. The molecule has 15 heavy (non-hydrogen) atoms. The molecule has 1 aliphatic heterocycles. The maximum atomic E-state index is 11.6. The van der Waals surface area contributed by atoms with Gasteiger partial charge in [0.15, 0.2) is 0 Å². The van der Waals surface area contributed by atoms with Crippen LogP contribution in [0.1, 0.15) is 5.56 Å². The van der Waals surface area contributed by atoms with Crippen LogP contribution in [0.5, 0.6) is 0 Å². The summed E-state index contributed by atoms with van der Waals surface area (Å²) in [6.07, 6.45) is 0. The van der Waals surface area contributed by atoms with Gasteiger partial charge in [0, 0.05) is 12.6 Å². The zero-order valence-corrected chi connectivity index (χ0v) is 8.90. The number of fused-ring (bicyclic) bond motifs is 1.